The van der Waals surface area contributed by atoms with Crippen molar-refractivity contribution in [1.82, 2.24) is 16.0 Å². The first kappa shape index (κ1) is 66.1. The summed E-state index contributed by atoms with van der Waals surface area (Å²) < 4.78 is 184. The molecule has 3 N–H and O–H groups in total. The third-order valence-corrected chi connectivity index (χ3v) is 13.2. The van der Waals surface area contributed by atoms with E-state index in [1.165, 1.54) is 27.1 Å². The summed E-state index contributed by atoms with van der Waals surface area (Å²) >= 11 is 0. The van der Waals surface area contributed by atoms with Gasteiger partial charge in [-0.2, -0.15) is 52.7 Å². The number of halogens is 12. The number of nitrogens with one attached hydrogen (secondary N) is 3. The van der Waals surface area contributed by atoms with Crippen molar-refractivity contribution in [2.45, 2.75) is 100 Å². The Hall–Kier alpha value is -7.69. The van der Waals surface area contributed by atoms with Gasteiger partial charge in [-0.25, -0.2) is 9.59 Å². The minimum Gasteiger partial charge on any atom is -0.445 e. The first-order valence-corrected chi connectivity index (χ1v) is 25.7. The van der Waals surface area contributed by atoms with Crippen LogP contribution in [0.5, 0.6) is 0 Å². The predicted molar refractivity (Wildman–Crippen MR) is 289 cm³/mol. The summed E-state index contributed by atoms with van der Waals surface area (Å²) in [5, 5.41) is 8.85. The monoisotopic (exact) mass is 1170 g/mol. The van der Waals surface area contributed by atoms with Crippen LogP contribution >= 0.6 is 0 Å². The number of carbonyl (C=O) groups is 2. The van der Waals surface area contributed by atoms with Crippen molar-refractivity contribution in [2.75, 3.05) is 27.3 Å². The molecule has 2 amide bonds. The van der Waals surface area contributed by atoms with Crippen LogP contribution in [0.25, 0.3) is 0 Å². The van der Waals surface area contributed by atoms with E-state index in [9.17, 15) is 62.3 Å². The summed E-state index contributed by atoms with van der Waals surface area (Å²) in [6, 6.07) is 37.7. The maximum Gasteiger partial charge on any atom is 0.416 e. The van der Waals surface area contributed by atoms with E-state index >= 15 is 0 Å². The summed E-state index contributed by atoms with van der Waals surface area (Å²) in [6.07, 6.45) is -20.0. The fraction of sp³-hybridized carbons (Fsp3) is 0.328. The largest absolute Gasteiger partial charge is 0.445 e. The number of carbonyl (C=O) groups excluding carboxylic acids is 2. The van der Waals surface area contributed by atoms with Crippen molar-refractivity contribution >= 4 is 18.4 Å². The highest BCUT2D eigenvalue weighted by atomic mass is 19.4. The summed E-state index contributed by atoms with van der Waals surface area (Å²) in [7, 11) is 3.25. The molecule has 0 aliphatic heterocycles. The zero-order valence-corrected chi connectivity index (χ0v) is 45.5. The fourth-order valence-electron chi connectivity index (χ4n) is 8.59. The second kappa shape index (κ2) is 29.5. The van der Waals surface area contributed by atoms with Gasteiger partial charge in [0.2, 0.25) is 0 Å². The van der Waals surface area contributed by atoms with E-state index < -0.39 is 82.4 Å². The molecule has 0 bridgehead atoms. The van der Waals surface area contributed by atoms with E-state index in [0.29, 0.717) is 41.8 Å². The number of aliphatic imine (C=N–C) groups is 1. The molecule has 0 spiro atoms. The Balaban J connectivity index is 0.000000305. The highest BCUT2D eigenvalue weighted by Crippen LogP contribution is 2.41. The number of ether oxygens (including phenoxy) is 4. The zero-order valence-electron chi connectivity index (χ0n) is 45.5. The summed E-state index contributed by atoms with van der Waals surface area (Å²) in [4.78, 5) is 30.1. The third-order valence-electron chi connectivity index (χ3n) is 13.2. The van der Waals surface area contributed by atoms with Gasteiger partial charge in [0.25, 0.3) is 0 Å². The summed E-state index contributed by atoms with van der Waals surface area (Å²) in [6.45, 7) is 5.81. The smallest absolute Gasteiger partial charge is 0.416 e. The van der Waals surface area contributed by atoms with Gasteiger partial charge in [-0.05, 0) is 104 Å². The number of hydrogen-bond acceptors (Lipinski definition) is 8. The third kappa shape index (κ3) is 20.0. The lowest BCUT2D eigenvalue weighted by Gasteiger charge is -2.38. The van der Waals surface area contributed by atoms with Crippen LogP contribution in [0.15, 0.2) is 175 Å². The number of hydrogen-bond donors (Lipinski definition) is 3. The molecule has 10 nitrogen and oxygen atoms in total. The molecule has 0 aliphatic carbocycles. The number of alkyl carbamates (subject to hydrolysis) is 2. The van der Waals surface area contributed by atoms with Gasteiger partial charge in [0, 0.05) is 25.7 Å². The first-order chi connectivity index (χ1) is 39.1. The molecule has 6 aromatic carbocycles. The van der Waals surface area contributed by atoms with Crippen molar-refractivity contribution in [1.29, 1.82) is 0 Å². The topological polar surface area (TPSA) is 120 Å². The minimum atomic E-state index is -5.00. The lowest BCUT2D eigenvalue weighted by Crippen LogP contribution is -2.53. The van der Waals surface area contributed by atoms with E-state index in [2.05, 4.69) is 27.5 Å². The Kier molecular flexibility index (Phi) is 23.5. The Morgan fingerprint density at radius 3 is 1.19 bits per heavy atom. The number of alkyl halides is 12. The summed E-state index contributed by atoms with van der Waals surface area (Å²) in [5.74, 6) is 0. The van der Waals surface area contributed by atoms with Crippen LogP contribution in [0, 0.1) is 0 Å². The van der Waals surface area contributed by atoms with Crippen molar-refractivity contribution < 1.29 is 81.2 Å². The van der Waals surface area contributed by atoms with Gasteiger partial charge in [0.1, 0.15) is 13.2 Å². The maximum absolute atomic E-state index is 13.5. The molecular formula is C61H62F12N4O6. The number of amides is 2. The first-order valence-electron chi connectivity index (χ1n) is 25.7. The van der Waals surface area contributed by atoms with E-state index in [4.69, 9.17) is 18.9 Å². The van der Waals surface area contributed by atoms with Gasteiger partial charge in [-0.15, -0.1) is 6.58 Å². The molecule has 5 atom stereocenters. The quantitative estimate of drug-likeness (QED) is 0.0332. The lowest BCUT2D eigenvalue weighted by atomic mass is 9.83. The van der Waals surface area contributed by atoms with Gasteiger partial charge < -0.3 is 39.9 Å². The van der Waals surface area contributed by atoms with E-state index in [1.54, 1.807) is 122 Å². The van der Waals surface area contributed by atoms with Crippen molar-refractivity contribution in [2.24, 2.45) is 4.99 Å². The molecule has 0 saturated heterocycles. The number of benzene rings is 6. The predicted octanol–water partition coefficient (Wildman–Crippen LogP) is 15.9. The standard InChI is InChI=1S/C32H34F6N2O3.C29H28F6N2O3/c1-4-11-28(39-3)19-30(25-14-9-6-10-15-25,40-29(41)42-20-23-12-7-5-8-13-23)21-43-22(2)24-16-26(31(33,34)35)18-27(17-24)32(36,37)38;1-20(22-15-24(28(30,31)32)17-25(16-22)29(33,34)35)40-19-27(13-14-36-2,23-11-7-4-8-12-23)37-26(38)39-18-21-9-5-3-6-10-21/h4-10,12-18,22,28,39H,1,11,19-21H2,2-3H3,(H,40,41);3-12,14-17,20H,13,18-19H2,1-2H3,(H,37,38)/t22-,28?,30-;20-,27-/m11/s1. The Bertz CT molecular complexity index is 2960. The van der Waals surface area contributed by atoms with Crippen LogP contribution in [0.2, 0.25) is 0 Å². The van der Waals surface area contributed by atoms with Gasteiger partial charge >= 0.3 is 36.9 Å². The molecule has 6 aromatic rings. The molecule has 0 saturated carbocycles. The maximum atomic E-state index is 13.5. The average molecular weight is 1180 g/mol. The molecule has 0 fully saturated rings. The Labute approximate surface area is 472 Å². The van der Waals surface area contributed by atoms with Crippen LogP contribution in [0.4, 0.5) is 62.3 Å². The van der Waals surface area contributed by atoms with Crippen molar-refractivity contribution in [3.05, 3.63) is 226 Å². The number of rotatable bonds is 23. The normalized spacial score (nSPS) is 14.7. The highest BCUT2D eigenvalue weighted by Gasteiger charge is 2.42. The lowest BCUT2D eigenvalue weighted by molar-refractivity contribution is -0.145. The average Bonchev–Trinajstić information content (AvgIpc) is 3.47. The zero-order chi connectivity index (χ0) is 61.1. The molecule has 0 radical (unpaired) electrons. The molecular weight excluding hydrogens is 1110 g/mol. The van der Waals surface area contributed by atoms with Crippen LogP contribution in [-0.4, -0.2) is 51.8 Å². The molecule has 0 heterocycles. The fourth-order valence-corrected chi connectivity index (χ4v) is 8.59. The Morgan fingerprint density at radius 2 is 0.855 bits per heavy atom. The van der Waals surface area contributed by atoms with E-state index in [-0.39, 0.29) is 68.6 Å². The van der Waals surface area contributed by atoms with Crippen molar-refractivity contribution in [3.8, 4) is 0 Å². The number of nitrogens with zero attached hydrogens (tertiary/aromatic N) is 1. The molecule has 22 heteroatoms. The van der Waals surface area contributed by atoms with Gasteiger partial charge in [0.05, 0.1) is 58.8 Å². The van der Waals surface area contributed by atoms with E-state index in [0.717, 1.165) is 11.1 Å². The van der Waals surface area contributed by atoms with Gasteiger partial charge in [0.15, 0.2) is 0 Å². The van der Waals surface area contributed by atoms with Crippen LogP contribution in [0.3, 0.4) is 0 Å². The van der Waals surface area contributed by atoms with E-state index in [1.807, 2.05) is 12.1 Å². The highest BCUT2D eigenvalue weighted by molar-refractivity contribution is 5.71. The Morgan fingerprint density at radius 1 is 0.518 bits per heavy atom. The minimum absolute atomic E-state index is 0.0264. The molecule has 6 rings (SSSR count). The van der Waals surface area contributed by atoms with Crippen LogP contribution in [0.1, 0.15) is 101 Å². The van der Waals surface area contributed by atoms with Gasteiger partial charge in [-0.1, -0.05) is 127 Å². The second-order valence-corrected chi connectivity index (χ2v) is 19.2. The second-order valence-electron chi connectivity index (χ2n) is 19.2. The molecule has 446 valence electrons. The molecule has 0 aromatic heterocycles. The van der Waals surface area contributed by atoms with Gasteiger partial charge in [-0.3, -0.25) is 0 Å². The van der Waals surface area contributed by atoms with Crippen molar-refractivity contribution in [3.63, 3.8) is 0 Å². The molecule has 0 aliphatic rings. The van der Waals surface area contributed by atoms with Crippen LogP contribution in [-0.2, 0) is 67.9 Å². The SMILES string of the molecule is C=CCC(C[C@](CO[C@H](C)c1cc(C(F)(F)F)cc(C(F)(F)F)c1)(NC(=O)OCc1ccccc1)c1ccccc1)NC.CN=CC[C@](CO[C@H](C)c1cc(C(F)(F)F)cc(C(F)(F)F)c1)(NC(=O)OCc1ccccc1)c1ccccc1. The van der Waals surface area contributed by atoms with Crippen LogP contribution < -0.4 is 16.0 Å². The molecule has 83 heavy (non-hydrogen) atoms. The molecule has 1 unspecified atom stereocenters. The summed E-state index contributed by atoms with van der Waals surface area (Å²) in [5.41, 5.74) is -6.34.